The Labute approximate surface area is 125 Å². The van der Waals surface area contributed by atoms with Gasteiger partial charge in [0.25, 0.3) is 0 Å². The zero-order valence-electron chi connectivity index (χ0n) is 12.5. The van der Waals surface area contributed by atoms with E-state index in [1.807, 2.05) is 42.2 Å². The van der Waals surface area contributed by atoms with Crippen LogP contribution in [0.15, 0.2) is 30.3 Å². The van der Waals surface area contributed by atoms with E-state index in [1.54, 1.807) is 0 Å². The molecule has 2 unspecified atom stereocenters. The van der Waals surface area contributed by atoms with Crippen LogP contribution in [-0.4, -0.2) is 33.8 Å². The molecule has 0 spiro atoms. The SMILES string of the molecule is CCC1(O)CC2CCC(C1)N2C(=O)OCc1ccccc1. The molecule has 2 saturated heterocycles. The van der Waals surface area contributed by atoms with Crippen LogP contribution in [0.25, 0.3) is 0 Å². The third-order valence-corrected chi connectivity index (χ3v) is 4.93. The van der Waals surface area contributed by atoms with Crippen molar-refractivity contribution in [3.8, 4) is 0 Å². The van der Waals surface area contributed by atoms with Crippen molar-refractivity contribution in [3.63, 3.8) is 0 Å². The van der Waals surface area contributed by atoms with Gasteiger partial charge in [-0.2, -0.15) is 0 Å². The molecule has 4 nitrogen and oxygen atoms in total. The molecule has 0 aromatic heterocycles. The third-order valence-electron chi connectivity index (χ3n) is 4.93. The van der Waals surface area contributed by atoms with Crippen molar-refractivity contribution in [3.05, 3.63) is 35.9 Å². The van der Waals surface area contributed by atoms with Gasteiger partial charge < -0.3 is 14.7 Å². The lowest BCUT2D eigenvalue weighted by atomic mass is 9.84. The minimum Gasteiger partial charge on any atom is -0.445 e. The van der Waals surface area contributed by atoms with E-state index in [-0.39, 0.29) is 18.2 Å². The number of piperidine rings is 1. The van der Waals surface area contributed by atoms with Crippen molar-refractivity contribution >= 4 is 6.09 Å². The second-order valence-electron chi connectivity index (χ2n) is 6.32. The van der Waals surface area contributed by atoms with Gasteiger partial charge in [-0.05, 0) is 37.7 Å². The van der Waals surface area contributed by atoms with E-state index in [1.165, 1.54) is 0 Å². The summed E-state index contributed by atoms with van der Waals surface area (Å²) in [4.78, 5) is 14.2. The van der Waals surface area contributed by atoms with Gasteiger partial charge in [0, 0.05) is 12.1 Å². The third kappa shape index (κ3) is 2.91. The topological polar surface area (TPSA) is 49.8 Å². The highest BCUT2D eigenvalue weighted by Crippen LogP contribution is 2.42. The van der Waals surface area contributed by atoms with Crippen molar-refractivity contribution in [2.75, 3.05) is 0 Å². The molecule has 1 aromatic carbocycles. The van der Waals surface area contributed by atoms with Gasteiger partial charge in [0.1, 0.15) is 6.61 Å². The second-order valence-corrected chi connectivity index (χ2v) is 6.32. The zero-order valence-corrected chi connectivity index (χ0v) is 12.5. The van der Waals surface area contributed by atoms with E-state index in [0.717, 1.165) is 24.8 Å². The Balaban J connectivity index is 1.61. The lowest BCUT2D eigenvalue weighted by Crippen LogP contribution is -2.53. The summed E-state index contributed by atoms with van der Waals surface area (Å²) in [6.45, 7) is 2.33. The fourth-order valence-corrected chi connectivity index (χ4v) is 3.70. The molecule has 1 N–H and O–H groups in total. The standard InChI is InChI=1S/C17H23NO3/c1-2-17(20)10-14-8-9-15(11-17)18(14)16(19)21-12-13-6-4-3-5-7-13/h3-7,14-15,20H,2,8-12H2,1H3. The number of ether oxygens (including phenoxy) is 1. The summed E-state index contributed by atoms with van der Waals surface area (Å²) in [5.41, 5.74) is 0.405. The molecule has 1 amide bonds. The maximum atomic E-state index is 12.4. The van der Waals surface area contributed by atoms with Gasteiger partial charge in [0.2, 0.25) is 0 Å². The van der Waals surface area contributed by atoms with Gasteiger partial charge in [-0.25, -0.2) is 4.79 Å². The lowest BCUT2D eigenvalue weighted by Gasteiger charge is -2.42. The highest BCUT2D eigenvalue weighted by Gasteiger charge is 2.49. The molecule has 3 rings (SSSR count). The highest BCUT2D eigenvalue weighted by molar-refractivity contribution is 5.69. The molecule has 4 heteroatoms. The predicted octanol–water partition coefficient (Wildman–Crippen LogP) is 3.09. The number of carbonyl (C=O) groups is 1. The first-order valence-corrected chi connectivity index (χ1v) is 7.83. The number of aliphatic hydroxyl groups is 1. The molecular weight excluding hydrogens is 266 g/mol. The summed E-state index contributed by atoms with van der Waals surface area (Å²) in [6.07, 6.45) is 3.85. The molecule has 21 heavy (non-hydrogen) atoms. The molecule has 114 valence electrons. The Bertz CT molecular complexity index is 488. The summed E-state index contributed by atoms with van der Waals surface area (Å²) in [6, 6.07) is 10.0. The maximum absolute atomic E-state index is 12.4. The number of hydrogen-bond acceptors (Lipinski definition) is 3. The van der Waals surface area contributed by atoms with Crippen LogP contribution in [0.1, 0.15) is 44.6 Å². The molecular formula is C17H23NO3. The first-order chi connectivity index (χ1) is 10.1. The van der Waals surface area contributed by atoms with Gasteiger partial charge in [0.15, 0.2) is 0 Å². The molecule has 0 aliphatic carbocycles. The smallest absolute Gasteiger partial charge is 0.410 e. The largest absolute Gasteiger partial charge is 0.445 e. The second kappa shape index (κ2) is 5.68. The van der Waals surface area contributed by atoms with E-state index >= 15 is 0 Å². The first-order valence-electron chi connectivity index (χ1n) is 7.83. The Morgan fingerprint density at radius 1 is 1.29 bits per heavy atom. The summed E-state index contributed by atoms with van der Waals surface area (Å²) in [5.74, 6) is 0. The van der Waals surface area contributed by atoms with Gasteiger partial charge in [0.05, 0.1) is 5.60 Å². The van der Waals surface area contributed by atoms with Crippen molar-refractivity contribution < 1.29 is 14.6 Å². The van der Waals surface area contributed by atoms with Crippen LogP contribution < -0.4 is 0 Å². The molecule has 2 aliphatic heterocycles. The van der Waals surface area contributed by atoms with Crippen LogP contribution in [0.5, 0.6) is 0 Å². The van der Waals surface area contributed by atoms with Crippen LogP contribution >= 0.6 is 0 Å². The fourth-order valence-electron chi connectivity index (χ4n) is 3.70. The fraction of sp³-hybridized carbons (Fsp3) is 0.588. The number of rotatable bonds is 3. The Morgan fingerprint density at radius 2 is 1.90 bits per heavy atom. The maximum Gasteiger partial charge on any atom is 0.410 e. The molecule has 2 aliphatic rings. The monoisotopic (exact) mass is 289 g/mol. The number of amides is 1. The molecule has 2 fully saturated rings. The average molecular weight is 289 g/mol. The van der Waals surface area contributed by atoms with E-state index in [9.17, 15) is 9.90 Å². The van der Waals surface area contributed by atoms with Gasteiger partial charge >= 0.3 is 6.09 Å². The van der Waals surface area contributed by atoms with Crippen LogP contribution in [0.3, 0.4) is 0 Å². The Hall–Kier alpha value is -1.55. The van der Waals surface area contributed by atoms with Crippen molar-refractivity contribution in [1.29, 1.82) is 0 Å². The number of hydrogen-bond donors (Lipinski definition) is 1. The summed E-state index contributed by atoms with van der Waals surface area (Å²) in [7, 11) is 0. The van der Waals surface area contributed by atoms with Crippen molar-refractivity contribution in [1.82, 2.24) is 4.90 Å². The van der Waals surface area contributed by atoms with Crippen LogP contribution in [0.4, 0.5) is 4.79 Å². The van der Waals surface area contributed by atoms with Gasteiger partial charge in [-0.15, -0.1) is 0 Å². The van der Waals surface area contributed by atoms with Crippen molar-refractivity contribution in [2.24, 2.45) is 0 Å². The van der Waals surface area contributed by atoms with Crippen LogP contribution in [0.2, 0.25) is 0 Å². The Morgan fingerprint density at radius 3 is 2.48 bits per heavy atom. The molecule has 0 radical (unpaired) electrons. The van der Waals surface area contributed by atoms with E-state index < -0.39 is 5.60 Å². The van der Waals surface area contributed by atoms with E-state index in [0.29, 0.717) is 19.4 Å². The molecule has 2 bridgehead atoms. The first kappa shape index (κ1) is 14.4. The number of carbonyl (C=O) groups excluding carboxylic acids is 1. The summed E-state index contributed by atoms with van der Waals surface area (Å²) in [5, 5.41) is 10.5. The van der Waals surface area contributed by atoms with Gasteiger partial charge in [-0.3, -0.25) is 0 Å². The number of benzene rings is 1. The number of nitrogens with zero attached hydrogens (tertiary/aromatic N) is 1. The van der Waals surface area contributed by atoms with Crippen LogP contribution in [0, 0.1) is 0 Å². The average Bonchev–Trinajstić information content (AvgIpc) is 2.79. The Kier molecular flexibility index (Phi) is 3.89. The van der Waals surface area contributed by atoms with Crippen LogP contribution in [-0.2, 0) is 11.3 Å². The minimum absolute atomic E-state index is 0.136. The molecule has 1 aromatic rings. The lowest BCUT2D eigenvalue weighted by molar-refractivity contribution is -0.0511. The van der Waals surface area contributed by atoms with E-state index in [4.69, 9.17) is 4.74 Å². The normalized spacial score (nSPS) is 31.2. The quantitative estimate of drug-likeness (QED) is 0.930. The molecule has 2 atom stereocenters. The molecule has 2 heterocycles. The summed E-state index contributed by atoms with van der Waals surface area (Å²) >= 11 is 0. The highest BCUT2D eigenvalue weighted by atomic mass is 16.6. The molecule has 0 saturated carbocycles. The van der Waals surface area contributed by atoms with Gasteiger partial charge in [-0.1, -0.05) is 37.3 Å². The van der Waals surface area contributed by atoms with E-state index in [2.05, 4.69) is 0 Å². The predicted molar refractivity (Wildman–Crippen MR) is 79.8 cm³/mol. The summed E-state index contributed by atoms with van der Waals surface area (Å²) < 4.78 is 5.46. The minimum atomic E-state index is -0.595. The van der Waals surface area contributed by atoms with Crippen molar-refractivity contribution in [2.45, 2.75) is 63.3 Å². The zero-order chi connectivity index (χ0) is 14.9. The number of fused-ring (bicyclic) bond motifs is 2.